The second-order valence-electron chi connectivity index (χ2n) is 32.6. The van der Waals surface area contributed by atoms with Crippen LogP contribution in [0.2, 0.25) is 0 Å². The zero-order valence-electron chi connectivity index (χ0n) is 66.4. The first-order valence-corrected chi connectivity index (χ1v) is 40.7. The van der Waals surface area contributed by atoms with Crippen molar-refractivity contribution in [3.05, 3.63) is 325 Å². The third kappa shape index (κ3) is 10.4. The SMILES string of the molecule is CC(C)c1ccc2c3c1c1ncccc1c1c4ccccc4n([n+]31)C2.CC(C)c1cccc2c1c1c3ncccc3c3cccc4c3[n+]1n2C4.CC(C)c1cccc2c3cccc4c3[n+]3c(c5ncccc5n3C4)c12.CC(C)c1cccnc1-n1c2[c-]c(Oc3[c-]c4c(cc3)c3ccccc3n4-c3ccccn3)ccc2c2cccnc21.[Pt+2]. The first-order valence-electron chi connectivity index (χ1n) is 40.7. The minimum atomic E-state index is 0. The van der Waals surface area contributed by atoms with E-state index in [2.05, 4.69) is 285 Å². The summed E-state index contributed by atoms with van der Waals surface area (Å²) in [5.41, 5.74) is 28.2. The van der Waals surface area contributed by atoms with Gasteiger partial charge in [-0.25, -0.2) is 24.9 Å². The van der Waals surface area contributed by atoms with Gasteiger partial charge in [0, 0.05) is 65.0 Å². The fraction of sp³-hybridized carbons (Fsp3) is 0.147. The summed E-state index contributed by atoms with van der Waals surface area (Å²) in [5, 5.41) is 16.1. The van der Waals surface area contributed by atoms with Crippen molar-refractivity contribution in [2.75, 3.05) is 0 Å². The minimum absolute atomic E-state index is 0. The molecule has 17 heterocycles. The van der Waals surface area contributed by atoms with E-state index < -0.39 is 0 Å². The van der Waals surface area contributed by atoms with Gasteiger partial charge in [0.15, 0.2) is 5.52 Å². The van der Waals surface area contributed by atoms with Gasteiger partial charge in [0.1, 0.15) is 59.0 Å². The quantitative estimate of drug-likeness (QED) is 0.0843. The van der Waals surface area contributed by atoms with Gasteiger partial charge < -0.3 is 13.9 Å². The molecule has 3 aliphatic rings. The van der Waals surface area contributed by atoms with Gasteiger partial charge in [-0.3, -0.25) is 4.98 Å². The Morgan fingerprint density at radius 2 is 0.771 bits per heavy atom. The van der Waals surface area contributed by atoms with Crippen molar-refractivity contribution in [1.29, 1.82) is 0 Å². The van der Waals surface area contributed by atoms with E-state index in [1.807, 2.05) is 91.6 Å². The molecule has 0 saturated heterocycles. The average molecular weight is 1710 g/mol. The Morgan fingerprint density at radius 3 is 1.48 bits per heavy atom. The van der Waals surface area contributed by atoms with Crippen molar-refractivity contribution in [2.45, 2.75) is 98.7 Å². The average Bonchev–Trinajstić information content (AvgIpc) is 1.54. The molecule has 0 saturated carbocycles. The third-order valence-electron chi connectivity index (χ3n) is 24.6. The fourth-order valence-electron chi connectivity index (χ4n) is 19.7. The number of fused-ring (bicyclic) bond motifs is 24. The van der Waals surface area contributed by atoms with Gasteiger partial charge in [0.05, 0.1) is 59.9 Å². The maximum atomic E-state index is 6.45. The van der Waals surface area contributed by atoms with Crippen LogP contribution in [0.5, 0.6) is 11.5 Å². The largest absolute Gasteiger partial charge is 2.00 e. The molecule has 26 rings (SSSR count). The summed E-state index contributed by atoms with van der Waals surface area (Å²) in [6.07, 6.45) is 11.2. The standard InChI is InChI=1S/C36H25N5O.3C22H18N3.Pt/c1-23(2)26-10-7-19-38-35(26)41-33-22-25(15-17-29(33)30-11-8-20-39-36(30)41)42-24-14-16-28-27-9-3-4-12-31(27)40(32(28)21-24)34-13-5-6-18-37-34;1-13(2)15-7-4-8-16-17-9-3-6-14-12-24-18-10-5-11-23-20(18)22(19(15)16)25(24)21(14)17;1-13(2)15-7-4-10-18-19(15)22-20-16(9-5-11-23-20)17-8-3-6-14-12-24(18)25(22)21(14)17;1-13(2)15-10-9-14-12-24-18-8-4-3-6-16(18)22-17-7-5-11-23-20(17)19(15)21(14)25(22)24;/h3-20,23H,1-2H3;3*3-11,13H,12H2,1-2H3;/q-2;3*+1;+2. The van der Waals surface area contributed by atoms with Crippen LogP contribution in [0, 0.1) is 12.1 Å². The predicted molar refractivity (Wildman–Crippen MR) is 470 cm³/mol. The second kappa shape index (κ2) is 27.3. The van der Waals surface area contributed by atoms with Gasteiger partial charge in [-0.05, 0) is 154 Å². The van der Waals surface area contributed by atoms with Gasteiger partial charge >= 0.3 is 21.1 Å². The summed E-state index contributed by atoms with van der Waals surface area (Å²) in [4.78, 5) is 28.6. The van der Waals surface area contributed by atoms with Crippen LogP contribution in [0.1, 0.15) is 118 Å². The number of ether oxygens (including phenoxy) is 1. The van der Waals surface area contributed by atoms with Crippen molar-refractivity contribution in [2.24, 2.45) is 0 Å². The Labute approximate surface area is 692 Å². The van der Waals surface area contributed by atoms with Crippen molar-refractivity contribution >= 4 is 158 Å². The zero-order chi connectivity index (χ0) is 78.3. The second-order valence-corrected chi connectivity index (χ2v) is 32.6. The molecule has 14 aromatic heterocycles. The maximum Gasteiger partial charge on any atom is 2.00 e. The monoisotopic (exact) mass is 1710 g/mol. The molecule has 570 valence electrons. The number of pyridine rings is 9. The topological polar surface area (TPSA) is 124 Å². The van der Waals surface area contributed by atoms with E-state index in [0.29, 0.717) is 29.3 Å². The van der Waals surface area contributed by atoms with E-state index in [0.717, 1.165) is 97.1 Å². The number of nitrogens with zero attached hydrogens (tertiary/aromatic N) is 14. The summed E-state index contributed by atoms with van der Waals surface area (Å²) in [5.74, 6) is 4.57. The molecule has 3 aliphatic heterocycles. The Balaban J connectivity index is 0.0000000974. The van der Waals surface area contributed by atoms with Crippen LogP contribution < -0.4 is 18.3 Å². The first kappa shape index (κ1) is 71.0. The van der Waals surface area contributed by atoms with Crippen molar-refractivity contribution in [1.82, 2.24) is 53.1 Å². The van der Waals surface area contributed by atoms with Crippen LogP contribution in [0.25, 0.3) is 170 Å². The Morgan fingerprint density at radius 1 is 0.297 bits per heavy atom. The predicted octanol–water partition coefficient (Wildman–Crippen LogP) is 22.3. The summed E-state index contributed by atoms with van der Waals surface area (Å²) >= 11 is 0. The third-order valence-corrected chi connectivity index (χ3v) is 24.6. The molecular weight excluding hydrogens is 1630 g/mol. The van der Waals surface area contributed by atoms with E-state index >= 15 is 0 Å². The zero-order valence-corrected chi connectivity index (χ0v) is 68.7. The number of benzene rings is 9. The molecule has 0 unspecified atom stereocenters. The van der Waals surface area contributed by atoms with Gasteiger partial charge in [-0.1, -0.05) is 195 Å². The van der Waals surface area contributed by atoms with Crippen LogP contribution in [-0.2, 0) is 40.7 Å². The summed E-state index contributed by atoms with van der Waals surface area (Å²) < 4.78 is 25.1. The van der Waals surface area contributed by atoms with Crippen LogP contribution >= 0.6 is 0 Å². The maximum absolute atomic E-state index is 6.45. The van der Waals surface area contributed by atoms with Crippen LogP contribution in [-0.4, -0.2) is 53.1 Å². The van der Waals surface area contributed by atoms with Gasteiger partial charge in [0.25, 0.3) is 22.1 Å². The van der Waals surface area contributed by atoms with Crippen molar-refractivity contribution in [3.63, 3.8) is 0 Å². The Hall–Kier alpha value is -13.6. The minimum Gasteiger partial charge on any atom is -0.509 e. The molecule has 0 spiro atoms. The molecular formula is C102H79N14OPt+3. The molecule has 9 aromatic carbocycles. The summed E-state index contributed by atoms with van der Waals surface area (Å²) in [7, 11) is 0. The van der Waals surface area contributed by atoms with E-state index in [9.17, 15) is 0 Å². The first-order chi connectivity index (χ1) is 57.4. The van der Waals surface area contributed by atoms with Crippen molar-refractivity contribution in [3.8, 4) is 23.1 Å². The molecule has 0 aliphatic carbocycles. The number of rotatable bonds is 8. The molecule has 0 bridgehead atoms. The van der Waals surface area contributed by atoms with E-state index in [1.54, 1.807) is 6.20 Å². The molecule has 23 aromatic rings. The molecule has 0 fully saturated rings. The van der Waals surface area contributed by atoms with Gasteiger partial charge in [-0.15, -0.1) is 49.1 Å². The molecule has 118 heavy (non-hydrogen) atoms. The fourth-order valence-corrected chi connectivity index (χ4v) is 19.7. The number of aromatic nitrogens is 14. The van der Waals surface area contributed by atoms with E-state index in [-0.39, 0.29) is 27.0 Å². The number of para-hydroxylation sites is 4. The Kier molecular flexibility index (Phi) is 16.4. The molecule has 16 heteroatoms. The van der Waals surface area contributed by atoms with E-state index in [4.69, 9.17) is 29.7 Å². The normalized spacial score (nSPS) is 12.7. The van der Waals surface area contributed by atoms with Gasteiger partial charge in [-0.2, -0.15) is 12.1 Å². The summed E-state index contributed by atoms with van der Waals surface area (Å²) in [6.45, 7) is 20.8. The molecule has 0 radical (unpaired) electrons. The van der Waals surface area contributed by atoms with Crippen molar-refractivity contribution < 1.29 is 39.3 Å². The number of hydrogen-bond donors (Lipinski definition) is 0. The van der Waals surface area contributed by atoms with Gasteiger partial charge in [0.2, 0.25) is 11.0 Å². The number of hydrogen-bond acceptors (Lipinski definition) is 7. The molecule has 0 N–H and O–H groups in total. The van der Waals surface area contributed by atoms with Crippen LogP contribution in [0.4, 0.5) is 0 Å². The van der Waals surface area contributed by atoms with Crippen LogP contribution in [0.3, 0.4) is 0 Å². The van der Waals surface area contributed by atoms with E-state index in [1.165, 1.54) is 132 Å². The summed E-state index contributed by atoms with van der Waals surface area (Å²) in [6, 6.07) is 90.4. The molecule has 15 nitrogen and oxygen atoms in total. The smallest absolute Gasteiger partial charge is 0.509 e. The molecule has 0 amide bonds. The Bertz CT molecular complexity index is 8160. The van der Waals surface area contributed by atoms with Crippen LogP contribution in [0.15, 0.2) is 274 Å². The molecule has 0 atom stereocenters.